The Morgan fingerprint density at radius 1 is 0.810 bits per heavy atom. The van der Waals surface area contributed by atoms with Gasteiger partial charge >= 0.3 is 6.09 Å². The molecule has 1 aliphatic carbocycles. The van der Waals surface area contributed by atoms with E-state index in [0.717, 1.165) is 41.5 Å². The number of nitrogens with two attached hydrogens (primary N) is 1. The van der Waals surface area contributed by atoms with Crippen molar-refractivity contribution in [2.45, 2.75) is 90.7 Å². The second kappa shape index (κ2) is 24.7. The molecule has 1 heterocycles. The molecule has 1 unspecified atom stereocenters. The lowest BCUT2D eigenvalue weighted by Gasteiger charge is -2.42. The summed E-state index contributed by atoms with van der Waals surface area (Å²) in [6.45, 7) is 11.7. The van der Waals surface area contributed by atoms with Crippen molar-refractivity contribution in [2.24, 2.45) is 11.1 Å². The number of likely N-dealkylation sites (N-methyl/N-ethyl adjacent to an activating group) is 1. The highest BCUT2D eigenvalue weighted by molar-refractivity contribution is 5.94. The van der Waals surface area contributed by atoms with E-state index >= 15 is 0 Å². The summed E-state index contributed by atoms with van der Waals surface area (Å²) in [5, 5.41) is 6.24. The Labute approximate surface area is 372 Å². The van der Waals surface area contributed by atoms with Crippen molar-refractivity contribution in [3.63, 3.8) is 0 Å². The normalized spacial score (nSPS) is 16.8. The Kier molecular flexibility index (Phi) is 19.2. The lowest BCUT2D eigenvalue weighted by atomic mass is 9.83. The third kappa shape index (κ3) is 14.8. The van der Waals surface area contributed by atoms with Crippen LogP contribution in [-0.2, 0) is 64.1 Å². The SMILES string of the molecule is CC(C(=O)N[C@H](C(=O)N1Cc2cc(OCCOCCOCCOCCOCCN)ccc2C[C@H]1C(=O)N[C@@H]1CCCc2ccccc21)C(C)(C)C)N(C)C(=O)OCc1ccccc1. The van der Waals surface area contributed by atoms with E-state index in [1.807, 2.05) is 81.4 Å². The largest absolute Gasteiger partial charge is 0.491 e. The fraction of sp³-hybridized carbons (Fsp3) is 0.542. The monoisotopic (exact) mass is 873 g/mol. The first-order valence-corrected chi connectivity index (χ1v) is 22.1. The van der Waals surface area contributed by atoms with Crippen LogP contribution in [0.5, 0.6) is 5.75 Å². The molecule has 5 rings (SSSR count). The van der Waals surface area contributed by atoms with Gasteiger partial charge in [0.2, 0.25) is 17.7 Å². The number of hydrogen-bond donors (Lipinski definition) is 3. The zero-order valence-corrected chi connectivity index (χ0v) is 37.6. The maximum absolute atomic E-state index is 14.9. The molecule has 0 fully saturated rings. The lowest BCUT2D eigenvalue weighted by molar-refractivity contribution is -0.147. The van der Waals surface area contributed by atoms with Gasteiger partial charge in [0.25, 0.3) is 0 Å². The minimum Gasteiger partial charge on any atom is -0.491 e. The van der Waals surface area contributed by atoms with E-state index < -0.39 is 41.4 Å². The minimum absolute atomic E-state index is 0.0503. The quantitative estimate of drug-likeness (QED) is 0.112. The van der Waals surface area contributed by atoms with Gasteiger partial charge in [-0.05, 0) is 71.6 Å². The molecular formula is C48H67N5O10. The van der Waals surface area contributed by atoms with Gasteiger partial charge in [-0.3, -0.25) is 19.3 Å². The summed E-state index contributed by atoms with van der Waals surface area (Å²) in [5.74, 6) is -0.589. The molecule has 3 aromatic carbocycles. The van der Waals surface area contributed by atoms with Gasteiger partial charge in [0.15, 0.2) is 0 Å². The van der Waals surface area contributed by atoms with Crippen molar-refractivity contribution in [1.82, 2.24) is 20.4 Å². The van der Waals surface area contributed by atoms with Gasteiger partial charge in [0.05, 0.1) is 58.9 Å². The van der Waals surface area contributed by atoms with E-state index in [1.54, 1.807) is 11.8 Å². The molecule has 2 aliphatic rings. The number of aryl methyl sites for hydroxylation is 1. The predicted octanol–water partition coefficient (Wildman–Crippen LogP) is 4.73. The third-order valence-corrected chi connectivity index (χ3v) is 11.3. The summed E-state index contributed by atoms with van der Waals surface area (Å²) < 4.78 is 33.5. The van der Waals surface area contributed by atoms with Crippen LogP contribution in [0.3, 0.4) is 0 Å². The van der Waals surface area contributed by atoms with Crippen molar-refractivity contribution >= 4 is 23.8 Å². The smallest absolute Gasteiger partial charge is 0.410 e. The summed E-state index contributed by atoms with van der Waals surface area (Å²) >= 11 is 0. The number of hydrogen-bond acceptors (Lipinski definition) is 11. The molecule has 0 spiro atoms. The second-order valence-corrected chi connectivity index (χ2v) is 17.0. The zero-order chi connectivity index (χ0) is 45.2. The molecule has 0 aromatic heterocycles. The first-order chi connectivity index (χ1) is 30.4. The molecule has 4 atom stereocenters. The number of fused-ring (bicyclic) bond motifs is 2. The average Bonchev–Trinajstić information content (AvgIpc) is 3.28. The summed E-state index contributed by atoms with van der Waals surface area (Å²) in [6.07, 6.45) is 2.27. The van der Waals surface area contributed by atoms with Gasteiger partial charge < -0.3 is 49.7 Å². The first-order valence-electron chi connectivity index (χ1n) is 22.1. The van der Waals surface area contributed by atoms with Gasteiger partial charge in [-0.25, -0.2) is 4.79 Å². The molecule has 0 radical (unpaired) electrons. The number of amides is 4. The Bertz CT molecular complexity index is 1920. The van der Waals surface area contributed by atoms with Crippen LogP contribution in [0.15, 0.2) is 72.8 Å². The zero-order valence-electron chi connectivity index (χ0n) is 37.6. The van der Waals surface area contributed by atoms with Gasteiger partial charge in [-0.2, -0.15) is 0 Å². The summed E-state index contributed by atoms with van der Waals surface area (Å²) in [5.41, 5.74) is 9.51. The Hall–Kier alpha value is -5.06. The third-order valence-electron chi connectivity index (χ3n) is 11.3. The summed E-state index contributed by atoms with van der Waals surface area (Å²) in [6, 6.07) is 20.1. The molecule has 3 aromatic rings. The van der Waals surface area contributed by atoms with Gasteiger partial charge in [-0.1, -0.05) is 81.4 Å². The standard InChI is InChI=1S/C48H67N5O10/c1-34(52(5)47(57)63-33-35-12-7-6-8-13-35)44(54)51-43(48(2,3)4)46(56)53-32-38-30-39(62-29-28-61-27-26-60-25-24-59-23-22-58-21-20-49)19-18-37(38)31-42(53)45(55)50-41-17-11-15-36-14-9-10-16-40(36)41/h6-10,12-14,16,18-19,30,34,41-43H,11,15,17,20-29,31-33,49H2,1-5H3,(H,50,55)(H,51,54)/t34?,41-,42+,43-/m1/s1. The van der Waals surface area contributed by atoms with Crippen molar-refractivity contribution in [1.29, 1.82) is 0 Å². The molecule has 0 bridgehead atoms. The van der Waals surface area contributed by atoms with Gasteiger partial charge in [0.1, 0.15) is 37.1 Å². The molecule has 0 saturated carbocycles. The Morgan fingerprint density at radius 3 is 2.11 bits per heavy atom. The van der Waals surface area contributed by atoms with Crippen molar-refractivity contribution in [3.05, 3.63) is 101 Å². The summed E-state index contributed by atoms with van der Waals surface area (Å²) in [7, 11) is 1.49. The van der Waals surface area contributed by atoms with Crippen LogP contribution in [0.2, 0.25) is 0 Å². The number of benzene rings is 3. The predicted molar refractivity (Wildman–Crippen MR) is 238 cm³/mol. The molecule has 63 heavy (non-hydrogen) atoms. The lowest BCUT2D eigenvalue weighted by Crippen LogP contribution is -2.62. The molecule has 15 heteroatoms. The molecule has 4 amide bonds. The van der Waals surface area contributed by atoms with Gasteiger partial charge in [0, 0.05) is 26.6 Å². The van der Waals surface area contributed by atoms with E-state index in [0.29, 0.717) is 71.8 Å². The van der Waals surface area contributed by atoms with E-state index in [2.05, 4.69) is 22.8 Å². The fourth-order valence-electron chi connectivity index (χ4n) is 7.58. The highest BCUT2D eigenvalue weighted by Gasteiger charge is 2.43. The van der Waals surface area contributed by atoms with E-state index in [-0.39, 0.29) is 31.5 Å². The van der Waals surface area contributed by atoms with E-state index in [4.69, 9.17) is 34.2 Å². The van der Waals surface area contributed by atoms with Crippen LogP contribution in [0.4, 0.5) is 4.79 Å². The number of nitrogens with zero attached hydrogens (tertiary/aromatic N) is 2. The van der Waals surface area contributed by atoms with Crippen LogP contribution < -0.4 is 21.1 Å². The molecule has 344 valence electrons. The molecule has 15 nitrogen and oxygen atoms in total. The van der Waals surface area contributed by atoms with Crippen molar-refractivity contribution < 1.29 is 47.6 Å². The van der Waals surface area contributed by atoms with Crippen LogP contribution in [-0.4, -0.2) is 125 Å². The second-order valence-electron chi connectivity index (χ2n) is 17.0. The maximum Gasteiger partial charge on any atom is 0.410 e. The topological polar surface area (TPSA) is 180 Å². The summed E-state index contributed by atoms with van der Waals surface area (Å²) in [4.78, 5) is 59.0. The molecular weight excluding hydrogens is 807 g/mol. The molecule has 4 N–H and O–H groups in total. The van der Waals surface area contributed by atoms with Crippen LogP contribution in [0, 0.1) is 5.41 Å². The van der Waals surface area contributed by atoms with Gasteiger partial charge in [-0.15, -0.1) is 0 Å². The molecule has 0 saturated heterocycles. The highest BCUT2D eigenvalue weighted by Crippen LogP contribution is 2.33. The first kappa shape index (κ1) is 49.0. The Balaban J connectivity index is 1.23. The Morgan fingerprint density at radius 2 is 1.44 bits per heavy atom. The fourth-order valence-corrected chi connectivity index (χ4v) is 7.58. The van der Waals surface area contributed by atoms with E-state index in [9.17, 15) is 19.2 Å². The number of rotatable bonds is 23. The number of ether oxygens (including phenoxy) is 6. The van der Waals surface area contributed by atoms with Crippen LogP contribution >= 0.6 is 0 Å². The minimum atomic E-state index is -1.04. The van der Waals surface area contributed by atoms with Crippen molar-refractivity contribution in [2.75, 3.05) is 73.1 Å². The average molecular weight is 874 g/mol. The maximum atomic E-state index is 14.9. The van der Waals surface area contributed by atoms with Crippen LogP contribution in [0.1, 0.15) is 74.4 Å². The number of carbonyl (C=O) groups excluding carboxylic acids is 4. The number of carbonyl (C=O) groups is 4. The number of nitrogens with one attached hydrogen (secondary N) is 2. The van der Waals surface area contributed by atoms with Crippen LogP contribution in [0.25, 0.3) is 0 Å². The van der Waals surface area contributed by atoms with Crippen molar-refractivity contribution in [3.8, 4) is 5.75 Å². The molecule has 1 aliphatic heterocycles. The van der Waals surface area contributed by atoms with E-state index in [1.165, 1.54) is 17.5 Å². The highest BCUT2D eigenvalue weighted by atomic mass is 16.6.